The van der Waals surface area contributed by atoms with Crippen molar-refractivity contribution in [1.82, 2.24) is 25.3 Å². The first-order valence-electron chi connectivity index (χ1n) is 8.98. The first-order valence-corrected chi connectivity index (χ1v) is 11.5. The Morgan fingerprint density at radius 2 is 1.93 bits per heavy atom. The normalized spacial score (nSPS) is 14.8. The second-order valence-electron chi connectivity index (χ2n) is 6.68. The van der Waals surface area contributed by atoms with Gasteiger partial charge in [-0.1, -0.05) is 22.7 Å². The first-order chi connectivity index (χ1) is 13.7. The van der Waals surface area contributed by atoms with Gasteiger partial charge in [-0.2, -0.15) is 0 Å². The van der Waals surface area contributed by atoms with Crippen molar-refractivity contribution in [3.63, 3.8) is 0 Å². The smallest absolute Gasteiger partial charge is 0.188 e. The lowest BCUT2D eigenvalue weighted by atomic mass is 10.1. The molecule has 0 bridgehead atoms. The van der Waals surface area contributed by atoms with Crippen LogP contribution in [0, 0.1) is 0 Å². The van der Waals surface area contributed by atoms with Gasteiger partial charge in [-0.25, -0.2) is 15.0 Å². The number of thiazole rings is 3. The fourth-order valence-electron chi connectivity index (χ4n) is 3.34. The Kier molecular flexibility index (Phi) is 5.98. The van der Waals surface area contributed by atoms with Gasteiger partial charge in [-0.05, 0) is 32.0 Å². The molecule has 1 saturated heterocycles. The molecule has 5 rings (SSSR count). The molecular formula is C18H19ClN6OS3. The standard InChI is InChI=1S/C18H18N6OS3.ClH/c1-24(11-2-4-19-5-3-11)18-23-17-16(28-18)22-15(27-17)14-12(25)6-10(7-21-14)13-8-20-9-26-13;/h6-9,11,19,25H,2-5H2,1H3;1H. The third kappa shape index (κ3) is 3.95. The molecule has 1 aliphatic rings. The molecule has 4 aromatic rings. The third-order valence-corrected chi connectivity index (χ3v) is 7.86. The summed E-state index contributed by atoms with van der Waals surface area (Å²) in [6, 6.07) is 2.24. The van der Waals surface area contributed by atoms with E-state index < -0.39 is 0 Å². The highest BCUT2D eigenvalue weighted by Crippen LogP contribution is 2.39. The fourth-order valence-corrected chi connectivity index (χ4v) is 6.03. The maximum absolute atomic E-state index is 10.5. The lowest BCUT2D eigenvalue weighted by molar-refractivity contribution is 0.443. The van der Waals surface area contributed by atoms with E-state index in [1.54, 1.807) is 35.3 Å². The molecule has 0 aliphatic carbocycles. The summed E-state index contributed by atoms with van der Waals surface area (Å²) in [4.78, 5) is 23.0. The number of hydrogen-bond donors (Lipinski definition) is 2. The summed E-state index contributed by atoms with van der Waals surface area (Å²) < 4.78 is 0. The predicted octanol–water partition coefficient (Wildman–Crippen LogP) is 4.25. The van der Waals surface area contributed by atoms with E-state index in [2.05, 4.69) is 32.2 Å². The van der Waals surface area contributed by atoms with Gasteiger partial charge in [0.05, 0.1) is 10.4 Å². The van der Waals surface area contributed by atoms with Crippen LogP contribution in [0.15, 0.2) is 24.0 Å². The van der Waals surface area contributed by atoms with Gasteiger partial charge in [0.1, 0.15) is 16.5 Å². The Labute approximate surface area is 185 Å². The molecule has 2 N–H and O–H groups in total. The van der Waals surface area contributed by atoms with Gasteiger partial charge in [0.25, 0.3) is 0 Å². The molecule has 0 spiro atoms. The Balaban J connectivity index is 0.00000205. The van der Waals surface area contributed by atoms with E-state index in [4.69, 9.17) is 4.98 Å². The SMILES string of the molecule is CN(c1nc2sc(-c3ncc(-c4cncs4)cc3O)nc2s1)C1CCNCC1.Cl. The molecule has 0 aromatic carbocycles. The molecule has 0 saturated carbocycles. The van der Waals surface area contributed by atoms with Crippen molar-refractivity contribution >= 4 is 61.2 Å². The van der Waals surface area contributed by atoms with Gasteiger partial charge < -0.3 is 15.3 Å². The number of anilines is 1. The lowest BCUT2D eigenvalue weighted by Crippen LogP contribution is -2.41. The van der Waals surface area contributed by atoms with Crippen molar-refractivity contribution in [3.05, 3.63) is 24.0 Å². The minimum Gasteiger partial charge on any atom is -0.506 e. The number of rotatable bonds is 4. The van der Waals surface area contributed by atoms with Crippen molar-refractivity contribution in [2.45, 2.75) is 18.9 Å². The maximum atomic E-state index is 10.5. The van der Waals surface area contributed by atoms with Crippen LogP contribution in [0.4, 0.5) is 5.13 Å². The molecular weight excluding hydrogens is 448 g/mol. The third-order valence-electron chi connectivity index (χ3n) is 4.91. The number of aromatic nitrogens is 4. The van der Waals surface area contributed by atoms with E-state index in [1.165, 1.54) is 22.7 Å². The average molecular weight is 467 g/mol. The van der Waals surface area contributed by atoms with Crippen molar-refractivity contribution in [2.75, 3.05) is 25.0 Å². The molecule has 1 fully saturated rings. The van der Waals surface area contributed by atoms with E-state index in [0.717, 1.165) is 51.2 Å². The number of halogens is 1. The van der Waals surface area contributed by atoms with Gasteiger partial charge in [0.2, 0.25) is 0 Å². The van der Waals surface area contributed by atoms with Crippen molar-refractivity contribution in [1.29, 1.82) is 0 Å². The van der Waals surface area contributed by atoms with Crippen LogP contribution in [0.3, 0.4) is 0 Å². The number of pyridine rings is 1. The molecule has 4 aromatic heterocycles. The Morgan fingerprint density at radius 1 is 1.14 bits per heavy atom. The Morgan fingerprint density at radius 3 is 2.62 bits per heavy atom. The highest BCUT2D eigenvalue weighted by atomic mass is 35.5. The molecule has 0 radical (unpaired) electrons. The molecule has 5 heterocycles. The summed E-state index contributed by atoms with van der Waals surface area (Å²) in [6.45, 7) is 2.11. The van der Waals surface area contributed by atoms with Gasteiger partial charge in [0.15, 0.2) is 14.8 Å². The number of piperidine rings is 1. The van der Waals surface area contributed by atoms with Gasteiger partial charge in [-0.15, -0.1) is 23.7 Å². The number of nitrogens with one attached hydrogen (secondary N) is 1. The molecule has 11 heteroatoms. The quantitative estimate of drug-likeness (QED) is 0.464. The number of aromatic hydroxyl groups is 1. The molecule has 0 unspecified atom stereocenters. The van der Waals surface area contributed by atoms with E-state index in [9.17, 15) is 5.11 Å². The zero-order valence-electron chi connectivity index (χ0n) is 15.5. The largest absolute Gasteiger partial charge is 0.506 e. The highest BCUT2D eigenvalue weighted by Gasteiger charge is 2.22. The van der Waals surface area contributed by atoms with Crippen LogP contribution in [0.1, 0.15) is 12.8 Å². The monoisotopic (exact) mass is 466 g/mol. The van der Waals surface area contributed by atoms with E-state index in [0.29, 0.717) is 16.7 Å². The van der Waals surface area contributed by atoms with Crippen LogP contribution < -0.4 is 10.2 Å². The van der Waals surface area contributed by atoms with Gasteiger partial charge >= 0.3 is 0 Å². The zero-order chi connectivity index (χ0) is 19.1. The summed E-state index contributed by atoms with van der Waals surface area (Å²) in [7, 11) is 2.12. The Hall–Kier alpha value is -1.85. The minimum atomic E-state index is 0. The first kappa shape index (κ1) is 20.4. The predicted molar refractivity (Wildman–Crippen MR) is 123 cm³/mol. The van der Waals surface area contributed by atoms with Crippen LogP contribution >= 0.6 is 46.4 Å². The van der Waals surface area contributed by atoms with Gasteiger partial charge in [-0.3, -0.25) is 4.98 Å². The Bertz CT molecular complexity index is 1070. The summed E-state index contributed by atoms with van der Waals surface area (Å²) >= 11 is 4.58. The molecule has 1 aliphatic heterocycles. The molecule has 7 nitrogen and oxygen atoms in total. The number of fused-ring (bicyclic) bond motifs is 1. The molecule has 152 valence electrons. The minimum absolute atomic E-state index is 0. The highest BCUT2D eigenvalue weighted by molar-refractivity contribution is 7.29. The lowest BCUT2D eigenvalue weighted by Gasteiger charge is -2.31. The summed E-state index contributed by atoms with van der Waals surface area (Å²) in [5, 5.41) is 15.6. The fraction of sp³-hybridized carbons (Fsp3) is 0.333. The maximum Gasteiger partial charge on any atom is 0.188 e. The van der Waals surface area contributed by atoms with Crippen LogP contribution in [0.25, 0.3) is 30.8 Å². The topological polar surface area (TPSA) is 87.1 Å². The van der Waals surface area contributed by atoms with E-state index in [1.807, 2.05) is 0 Å². The van der Waals surface area contributed by atoms with Crippen molar-refractivity contribution in [2.24, 2.45) is 0 Å². The van der Waals surface area contributed by atoms with E-state index >= 15 is 0 Å². The van der Waals surface area contributed by atoms with Gasteiger partial charge in [0, 0.05) is 31.0 Å². The van der Waals surface area contributed by atoms with Crippen molar-refractivity contribution < 1.29 is 5.11 Å². The zero-order valence-corrected chi connectivity index (χ0v) is 18.8. The van der Waals surface area contributed by atoms with Crippen LogP contribution in [0.2, 0.25) is 0 Å². The number of hydrogen-bond acceptors (Lipinski definition) is 10. The van der Waals surface area contributed by atoms with Crippen LogP contribution in [-0.4, -0.2) is 51.2 Å². The summed E-state index contributed by atoms with van der Waals surface area (Å²) in [5.74, 6) is 0.124. The van der Waals surface area contributed by atoms with E-state index in [-0.39, 0.29) is 18.2 Å². The second-order valence-corrected chi connectivity index (χ2v) is 9.50. The van der Waals surface area contributed by atoms with Crippen LogP contribution in [0.5, 0.6) is 5.75 Å². The molecule has 29 heavy (non-hydrogen) atoms. The number of nitrogens with zero attached hydrogens (tertiary/aromatic N) is 5. The van der Waals surface area contributed by atoms with Crippen LogP contribution in [-0.2, 0) is 0 Å². The molecule has 0 amide bonds. The summed E-state index contributed by atoms with van der Waals surface area (Å²) in [6.07, 6.45) is 5.78. The molecule has 0 atom stereocenters. The summed E-state index contributed by atoms with van der Waals surface area (Å²) in [5.41, 5.74) is 3.11. The average Bonchev–Trinajstić information content (AvgIpc) is 3.44. The second kappa shape index (κ2) is 8.49. The van der Waals surface area contributed by atoms with Crippen molar-refractivity contribution in [3.8, 4) is 26.9 Å².